The molecule has 0 unspecified atom stereocenters. The van der Waals surface area contributed by atoms with Gasteiger partial charge in [0.05, 0.1) is 30.4 Å². The van der Waals surface area contributed by atoms with E-state index in [-0.39, 0.29) is 0 Å². The number of ether oxygens (including phenoxy) is 2. The molecule has 3 heteroatoms. The Bertz CT molecular complexity index is 1050. The van der Waals surface area contributed by atoms with E-state index in [9.17, 15) is 0 Å². The van der Waals surface area contributed by atoms with Crippen molar-refractivity contribution in [2.75, 3.05) is 14.2 Å². The SMILES string of the molecule is COc1ccc2c(c[n+](C)c3c4ccccc4ccc23)c1OC. The summed E-state index contributed by atoms with van der Waals surface area (Å²) in [5.74, 6) is 1.52. The summed E-state index contributed by atoms with van der Waals surface area (Å²) in [6.07, 6.45) is 2.12. The Kier molecular flexibility index (Phi) is 3.08. The summed E-state index contributed by atoms with van der Waals surface area (Å²) in [6, 6.07) is 16.9. The number of aromatic nitrogens is 1. The average molecular weight is 304 g/mol. The minimum absolute atomic E-state index is 0.750. The number of methoxy groups -OCH3 is 2. The van der Waals surface area contributed by atoms with Gasteiger partial charge in [-0.1, -0.05) is 24.3 Å². The van der Waals surface area contributed by atoms with Crippen molar-refractivity contribution in [2.24, 2.45) is 7.05 Å². The Morgan fingerprint density at radius 3 is 2.30 bits per heavy atom. The number of fused-ring (bicyclic) bond motifs is 5. The van der Waals surface area contributed by atoms with Gasteiger partial charge >= 0.3 is 0 Å². The third-order valence-corrected chi connectivity index (χ3v) is 4.45. The summed E-state index contributed by atoms with van der Waals surface area (Å²) in [6.45, 7) is 0. The normalized spacial score (nSPS) is 11.3. The summed E-state index contributed by atoms with van der Waals surface area (Å²) in [5, 5.41) is 5.93. The van der Waals surface area contributed by atoms with E-state index >= 15 is 0 Å². The Labute approximate surface area is 134 Å². The van der Waals surface area contributed by atoms with Crippen LogP contribution in [-0.2, 0) is 7.05 Å². The lowest BCUT2D eigenvalue weighted by Crippen LogP contribution is -2.28. The maximum Gasteiger partial charge on any atom is 0.220 e. The Balaban J connectivity index is 2.24. The van der Waals surface area contributed by atoms with Crippen LogP contribution >= 0.6 is 0 Å². The number of hydrogen-bond donors (Lipinski definition) is 0. The monoisotopic (exact) mass is 304 g/mol. The second-order valence-corrected chi connectivity index (χ2v) is 5.69. The fraction of sp³-hybridized carbons (Fsp3) is 0.150. The van der Waals surface area contributed by atoms with Crippen LogP contribution in [0, 0.1) is 0 Å². The van der Waals surface area contributed by atoms with Gasteiger partial charge in [-0.2, -0.15) is 4.57 Å². The molecule has 0 bridgehead atoms. The molecule has 3 aromatic carbocycles. The van der Waals surface area contributed by atoms with Crippen molar-refractivity contribution in [3.05, 3.63) is 54.7 Å². The number of aryl methyl sites for hydroxylation is 1. The molecule has 0 spiro atoms. The third kappa shape index (κ3) is 1.93. The highest BCUT2D eigenvalue weighted by Gasteiger charge is 2.18. The van der Waals surface area contributed by atoms with Crippen LogP contribution in [0.3, 0.4) is 0 Å². The molecule has 0 fully saturated rings. The fourth-order valence-electron chi connectivity index (χ4n) is 3.42. The van der Waals surface area contributed by atoms with Gasteiger partial charge in [-0.05, 0) is 29.7 Å². The van der Waals surface area contributed by atoms with E-state index in [1.165, 1.54) is 27.1 Å². The minimum Gasteiger partial charge on any atom is -0.493 e. The summed E-state index contributed by atoms with van der Waals surface area (Å²) in [5.41, 5.74) is 1.22. The van der Waals surface area contributed by atoms with Crippen molar-refractivity contribution in [3.63, 3.8) is 0 Å². The lowest BCUT2D eigenvalue weighted by Gasteiger charge is -2.12. The van der Waals surface area contributed by atoms with Crippen molar-refractivity contribution in [1.82, 2.24) is 0 Å². The molecule has 0 N–H and O–H groups in total. The lowest BCUT2D eigenvalue weighted by molar-refractivity contribution is -0.642. The van der Waals surface area contributed by atoms with E-state index in [0.717, 1.165) is 16.9 Å². The van der Waals surface area contributed by atoms with Gasteiger partial charge in [0.1, 0.15) is 7.05 Å². The van der Waals surface area contributed by atoms with Crippen molar-refractivity contribution < 1.29 is 14.0 Å². The molecule has 23 heavy (non-hydrogen) atoms. The second kappa shape index (κ2) is 5.13. The van der Waals surface area contributed by atoms with Gasteiger partial charge in [-0.25, -0.2) is 0 Å². The summed E-state index contributed by atoms with van der Waals surface area (Å²) in [7, 11) is 5.42. The topological polar surface area (TPSA) is 22.3 Å². The Hall–Kier alpha value is -2.81. The summed E-state index contributed by atoms with van der Waals surface area (Å²) >= 11 is 0. The van der Waals surface area contributed by atoms with Gasteiger partial charge < -0.3 is 9.47 Å². The van der Waals surface area contributed by atoms with Crippen LogP contribution in [0.1, 0.15) is 0 Å². The summed E-state index contributed by atoms with van der Waals surface area (Å²) < 4.78 is 13.2. The van der Waals surface area contributed by atoms with Gasteiger partial charge in [0.15, 0.2) is 17.7 Å². The molecular formula is C20H18NO2+. The van der Waals surface area contributed by atoms with Gasteiger partial charge in [-0.3, -0.25) is 0 Å². The van der Waals surface area contributed by atoms with Crippen LogP contribution in [0.4, 0.5) is 0 Å². The number of nitrogens with zero attached hydrogens (tertiary/aromatic N) is 1. The summed E-state index contributed by atoms with van der Waals surface area (Å²) in [4.78, 5) is 0. The first-order valence-corrected chi connectivity index (χ1v) is 7.59. The Morgan fingerprint density at radius 1 is 0.739 bits per heavy atom. The van der Waals surface area contributed by atoms with Crippen molar-refractivity contribution in [2.45, 2.75) is 0 Å². The van der Waals surface area contributed by atoms with Gasteiger partial charge in [-0.15, -0.1) is 0 Å². The first kappa shape index (κ1) is 13.8. The maximum atomic E-state index is 5.60. The molecule has 114 valence electrons. The number of pyridine rings is 1. The zero-order valence-electron chi connectivity index (χ0n) is 13.5. The standard InChI is InChI=1S/C20H18NO2/c1-21-12-17-15(10-11-18(22-2)20(17)23-3)16-9-8-13-6-4-5-7-14(13)19(16)21/h4-12H,1-3H3/q+1. The average Bonchev–Trinajstić information content (AvgIpc) is 2.60. The quantitative estimate of drug-likeness (QED) is 0.413. The van der Waals surface area contributed by atoms with Crippen molar-refractivity contribution >= 4 is 32.4 Å². The highest BCUT2D eigenvalue weighted by atomic mass is 16.5. The zero-order valence-corrected chi connectivity index (χ0v) is 13.5. The third-order valence-electron chi connectivity index (χ3n) is 4.45. The molecular weight excluding hydrogens is 286 g/mol. The largest absolute Gasteiger partial charge is 0.493 e. The minimum atomic E-state index is 0.750. The molecule has 0 atom stereocenters. The fourth-order valence-corrected chi connectivity index (χ4v) is 3.42. The molecule has 4 rings (SSSR count). The zero-order chi connectivity index (χ0) is 16.0. The van der Waals surface area contributed by atoms with E-state index in [1.807, 2.05) is 6.07 Å². The molecule has 0 aliphatic rings. The van der Waals surface area contributed by atoms with Crippen LogP contribution in [-0.4, -0.2) is 14.2 Å². The molecule has 1 aromatic heterocycles. The van der Waals surface area contributed by atoms with E-state index in [4.69, 9.17) is 9.47 Å². The molecule has 0 aliphatic heterocycles. The van der Waals surface area contributed by atoms with Crippen molar-refractivity contribution in [1.29, 1.82) is 0 Å². The van der Waals surface area contributed by atoms with Crippen LogP contribution in [0.5, 0.6) is 11.5 Å². The second-order valence-electron chi connectivity index (χ2n) is 5.69. The Morgan fingerprint density at radius 2 is 1.52 bits per heavy atom. The smallest absolute Gasteiger partial charge is 0.220 e. The molecule has 3 nitrogen and oxygen atoms in total. The number of hydrogen-bond acceptors (Lipinski definition) is 2. The highest BCUT2D eigenvalue weighted by molar-refractivity contribution is 6.14. The predicted octanol–water partition coefficient (Wildman–Crippen LogP) is 3.99. The molecule has 0 radical (unpaired) electrons. The lowest BCUT2D eigenvalue weighted by atomic mass is 10.0. The van der Waals surface area contributed by atoms with Crippen LogP contribution in [0.15, 0.2) is 54.7 Å². The molecule has 0 saturated heterocycles. The van der Waals surface area contributed by atoms with E-state index < -0.39 is 0 Å². The van der Waals surface area contributed by atoms with Gasteiger partial charge in [0.2, 0.25) is 5.52 Å². The van der Waals surface area contributed by atoms with Crippen LogP contribution in [0.25, 0.3) is 32.4 Å². The van der Waals surface area contributed by atoms with Crippen LogP contribution < -0.4 is 14.0 Å². The maximum absolute atomic E-state index is 5.60. The number of benzene rings is 3. The van der Waals surface area contributed by atoms with Crippen molar-refractivity contribution in [3.8, 4) is 11.5 Å². The van der Waals surface area contributed by atoms with E-state index in [1.54, 1.807) is 14.2 Å². The predicted molar refractivity (Wildman–Crippen MR) is 93.2 cm³/mol. The first-order valence-electron chi connectivity index (χ1n) is 7.59. The first-order chi connectivity index (χ1) is 11.2. The van der Waals surface area contributed by atoms with Gasteiger partial charge in [0.25, 0.3) is 0 Å². The molecule has 0 amide bonds. The number of rotatable bonds is 2. The van der Waals surface area contributed by atoms with E-state index in [0.29, 0.717) is 0 Å². The molecule has 4 aromatic rings. The molecule has 0 saturated carbocycles. The highest BCUT2D eigenvalue weighted by Crippen LogP contribution is 2.38. The molecule has 1 heterocycles. The molecule has 0 aliphatic carbocycles. The van der Waals surface area contributed by atoms with Crippen LogP contribution in [0.2, 0.25) is 0 Å². The van der Waals surface area contributed by atoms with Gasteiger partial charge in [0, 0.05) is 5.39 Å². The van der Waals surface area contributed by atoms with E-state index in [2.05, 4.69) is 60.3 Å².